The van der Waals surface area contributed by atoms with E-state index < -0.39 is 5.97 Å². The third-order valence-corrected chi connectivity index (χ3v) is 5.74. The zero-order chi connectivity index (χ0) is 20.3. The van der Waals surface area contributed by atoms with Gasteiger partial charge in [-0.3, -0.25) is 14.5 Å². The fourth-order valence-electron chi connectivity index (χ4n) is 2.42. The largest absolute Gasteiger partial charge is 0.493 e. The molecule has 0 unspecified atom stereocenters. The van der Waals surface area contributed by atoms with Crippen LogP contribution in [-0.4, -0.2) is 27.9 Å². The molecule has 0 aromatic heterocycles. The van der Waals surface area contributed by atoms with Gasteiger partial charge in [-0.15, -0.1) is 0 Å². The molecule has 0 radical (unpaired) electrons. The minimum atomic E-state index is -0.929. The molecule has 0 spiro atoms. The highest BCUT2D eigenvalue weighted by molar-refractivity contribution is 8.27. The lowest BCUT2D eigenvalue weighted by atomic mass is 10.2. The maximum atomic E-state index is 12.8. The zero-order valence-corrected chi connectivity index (χ0v) is 17.4. The first-order valence-electron chi connectivity index (χ1n) is 8.03. The molecule has 1 N–H and O–H groups in total. The van der Waals surface area contributed by atoms with E-state index in [2.05, 4.69) is 0 Å². The van der Waals surface area contributed by atoms with E-state index in [0.717, 1.165) is 5.56 Å². The number of amides is 1. The van der Waals surface area contributed by atoms with E-state index in [0.29, 0.717) is 30.7 Å². The average molecular weight is 454 g/mol. The van der Waals surface area contributed by atoms with Crippen LogP contribution >= 0.6 is 47.2 Å². The molecule has 1 heterocycles. The third kappa shape index (κ3) is 4.86. The molecule has 1 aliphatic heterocycles. The van der Waals surface area contributed by atoms with E-state index in [4.69, 9.17) is 45.3 Å². The second-order valence-electron chi connectivity index (χ2n) is 5.68. The number of aliphatic carboxylic acids is 1. The van der Waals surface area contributed by atoms with E-state index in [1.165, 1.54) is 16.7 Å². The molecular weight excluding hydrogens is 441 g/mol. The van der Waals surface area contributed by atoms with Crippen LogP contribution < -0.4 is 9.64 Å². The standard InChI is InChI=1S/C19H13Cl2NO4S2/c20-14-5-4-12(10-15(14)21)22-18(25)16(28-19(22)27)9-11-2-1-3-13(8-11)26-7-6-17(23)24/h1-5,8-10H,6-7H2,(H,23,24)/b16-9+. The number of hydrogen-bond acceptors (Lipinski definition) is 5. The Morgan fingerprint density at radius 2 is 2.00 bits per heavy atom. The molecule has 0 saturated carbocycles. The molecule has 0 bridgehead atoms. The molecule has 28 heavy (non-hydrogen) atoms. The molecule has 1 aliphatic rings. The first-order chi connectivity index (χ1) is 13.3. The molecule has 0 atom stereocenters. The molecule has 3 rings (SSSR count). The molecule has 1 fully saturated rings. The Morgan fingerprint density at radius 3 is 2.71 bits per heavy atom. The number of thiocarbonyl (C=S) groups is 1. The van der Waals surface area contributed by atoms with Crippen LogP contribution in [0.2, 0.25) is 10.0 Å². The molecule has 2 aromatic rings. The van der Waals surface area contributed by atoms with Crippen LogP contribution in [0, 0.1) is 0 Å². The number of halogens is 2. The molecule has 144 valence electrons. The first kappa shape index (κ1) is 20.7. The van der Waals surface area contributed by atoms with Crippen LogP contribution in [0.4, 0.5) is 5.69 Å². The summed E-state index contributed by atoms with van der Waals surface area (Å²) in [5, 5.41) is 9.41. The van der Waals surface area contributed by atoms with Crippen molar-refractivity contribution in [3.05, 3.63) is 63.0 Å². The number of anilines is 1. The Hall–Kier alpha value is -2.06. The van der Waals surface area contributed by atoms with Crippen LogP contribution in [0.25, 0.3) is 6.08 Å². The molecule has 9 heteroatoms. The van der Waals surface area contributed by atoms with Crippen molar-refractivity contribution in [3.8, 4) is 5.75 Å². The van der Waals surface area contributed by atoms with Crippen molar-refractivity contribution in [1.29, 1.82) is 0 Å². The fraction of sp³-hybridized carbons (Fsp3) is 0.105. The smallest absolute Gasteiger partial charge is 0.306 e. The quantitative estimate of drug-likeness (QED) is 0.475. The lowest BCUT2D eigenvalue weighted by molar-refractivity contribution is -0.137. The summed E-state index contributed by atoms with van der Waals surface area (Å²) in [6.07, 6.45) is 1.62. The normalized spacial score (nSPS) is 15.4. The number of thioether (sulfide) groups is 1. The Labute approximate surface area is 180 Å². The van der Waals surface area contributed by atoms with Gasteiger partial charge in [0.05, 0.1) is 33.7 Å². The lowest BCUT2D eigenvalue weighted by Gasteiger charge is -2.15. The minimum absolute atomic E-state index is 0.0677. The van der Waals surface area contributed by atoms with E-state index >= 15 is 0 Å². The topological polar surface area (TPSA) is 66.8 Å². The summed E-state index contributed by atoms with van der Waals surface area (Å²) < 4.78 is 5.81. The average Bonchev–Trinajstić information content (AvgIpc) is 2.91. The fourth-order valence-corrected chi connectivity index (χ4v) is 4.01. The van der Waals surface area contributed by atoms with E-state index in [-0.39, 0.29) is 18.9 Å². The number of nitrogens with zero attached hydrogens (tertiary/aromatic N) is 1. The molecule has 1 saturated heterocycles. The van der Waals surface area contributed by atoms with Crippen LogP contribution in [0.3, 0.4) is 0 Å². The van der Waals surface area contributed by atoms with Crippen LogP contribution in [-0.2, 0) is 9.59 Å². The first-order valence-corrected chi connectivity index (χ1v) is 10.0. The predicted molar refractivity (Wildman–Crippen MR) is 116 cm³/mol. The molecule has 2 aromatic carbocycles. The van der Waals surface area contributed by atoms with Crippen LogP contribution in [0.15, 0.2) is 47.4 Å². The van der Waals surface area contributed by atoms with Crippen molar-refractivity contribution in [2.24, 2.45) is 0 Å². The van der Waals surface area contributed by atoms with Crippen LogP contribution in [0.1, 0.15) is 12.0 Å². The van der Waals surface area contributed by atoms with Gasteiger partial charge in [-0.2, -0.15) is 0 Å². The summed E-state index contributed by atoms with van der Waals surface area (Å²) in [5.74, 6) is -0.664. The summed E-state index contributed by atoms with van der Waals surface area (Å²) in [6, 6.07) is 11.9. The van der Waals surface area contributed by atoms with Gasteiger partial charge in [0.15, 0.2) is 4.32 Å². The monoisotopic (exact) mass is 453 g/mol. The van der Waals surface area contributed by atoms with Crippen molar-refractivity contribution in [1.82, 2.24) is 0 Å². The Kier molecular flexibility index (Phi) is 6.61. The number of benzene rings is 2. The maximum absolute atomic E-state index is 12.8. The van der Waals surface area contributed by atoms with Gasteiger partial charge in [0.25, 0.3) is 5.91 Å². The van der Waals surface area contributed by atoms with Crippen molar-refractivity contribution in [2.75, 3.05) is 11.5 Å². The highest BCUT2D eigenvalue weighted by Crippen LogP contribution is 2.38. The van der Waals surface area contributed by atoms with Gasteiger partial charge in [0.1, 0.15) is 5.75 Å². The van der Waals surface area contributed by atoms with Crippen molar-refractivity contribution >= 4 is 75.1 Å². The molecule has 1 amide bonds. The van der Waals surface area contributed by atoms with Gasteiger partial charge in [-0.25, -0.2) is 0 Å². The number of carbonyl (C=O) groups excluding carboxylic acids is 1. The summed E-state index contributed by atoms with van der Waals surface area (Å²) in [6.45, 7) is 0.0677. The second kappa shape index (κ2) is 8.96. The molecule has 5 nitrogen and oxygen atoms in total. The van der Waals surface area contributed by atoms with E-state index in [1.54, 1.807) is 42.5 Å². The lowest BCUT2D eigenvalue weighted by Crippen LogP contribution is -2.27. The van der Waals surface area contributed by atoms with Gasteiger partial charge < -0.3 is 9.84 Å². The minimum Gasteiger partial charge on any atom is -0.493 e. The number of rotatable bonds is 6. The molecule has 0 aliphatic carbocycles. The van der Waals surface area contributed by atoms with Crippen molar-refractivity contribution in [2.45, 2.75) is 6.42 Å². The van der Waals surface area contributed by atoms with Gasteiger partial charge in [-0.1, -0.05) is 59.3 Å². The van der Waals surface area contributed by atoms with Crippen LogP contribution in [0.5, 0.6) is 5.75 Å². The number of carboxylic acid groups (broad SMARTS) is 1. The Bertz CT molecular complexity index is 994. The SMILES string of the molecule is O=C(O)CCOc1cccc(/C=C2/SC(=S)N(c3ccc(Cl)c(Cl)c3)C2=O)c1. The van der Waals surface area contributed by atoms with Gasteiger partial charge in [0, 0.05) is 0 Å². The highest BCUT2D eigenvalue weighted by Gasteiger charge is 2.33. The van der Waals surface area contributed by atoms with Crippen molar-refractivity contribution < 1.29 is 19.4 Å². The number of carboxylic acids is 1. The third-order valence-electron chi connectivity index (χ3n) is 3.70. The van der Waals surface area contributed by atoms with Gasteiger partial charge in [-0.05, 0) is 42.0 Å². The number of ether oxygens (including phenoxy) is 1. The summed E-state index contributed by atoms with van der Waals surface area (Å²) in [7, 11) is 0. The summed E-state index contributed by atoms with van der Waals surface area (Å²) in [5.41, 5.74) is 1.29. The summed E-state index contributed by atoms with van der Waals surface area (Å²) >= 11 is 18.5. The van der Waals surface area contributed by atoms with Gasteiger partial charge >= 0.3 is 5.97 Å². The Morgan fingerprint density at radius 1 is 1.21 bits per heavy atom. The van der Waals surface area contributed by atoms with E-state index in [1.807, 2.05) is 6.07 Å². The molecular formula is C19H13Cl2NO4S2. The highest BCUT2D eigenvalue weighted by atomic mass is 35.5. The van der Waals surface area contributed by atoms with Crippen molar-refractivity contribution in [3.63, 3.8) is 0 Å². The maximum Gasteiger partial charge on any atom is 0.306 e. The van der Waals surface area contributed by atoms with E-state index in [9.17, 15) is 9.59 Å². The number of carbonyl (C=O) groups is 2. The number of hydrogen-bond donors (Lipinski definition) is 1. The van der Waals surface area contributed by atoms with Gasteiger partial charge in [0.2, 0.25) is 0 Å². The zero-order valence-electron chi connectivity index (χ0n) is 14.2. The Balaban J connectivity index is 1.80. The summed E-state index contributed by atoms with van der Waals surface area (Å²) in [4.78, 5) is 25.3. The second-order valence-corrected chi connectivity index (χ2v) is 8.17. The predicted octanol–water partition coefficient (Wildman–Crippen LogP) is 5.25.